The first-order valence-corrected chi connectivity index (χ1v) is 8.35. The number of aryl methyl sites for hydroxylation is 3. The highest BCUT2D eigenvalue weighted by atomic mass is 16.5. The van der Waals surface area contributed by atoms with Gasteiger partial charge in [0.05, 0.1) is 5.56 Å². The minimum absolute atomic E-state index is 0.288. The monoisotopic (exact) mass is 332 g/mol. The minimum Gasteiger partial charge on any atom is -0.457 e. The molecule has 0 amide bonds. The lowest BCUT2D eigenvalue weighted by Crippen LogP contribution is -2.04. The molecule has 128 valence electrons. The molecule has 0 N–H and O–H groups in total. The molecule has 0 heterocycles. The molecule has 0 aliphatic rings. The SMILES string of the molecule is Cc1cc(C)cc(C)c1.O=C(OCc1ccccc1)c1ccccc1. The zero-order valence-corrected chi connectivity index (χ0v) is 15.0. The summed E-state index contributed by atoms with van der Waals surface area (Å²) in [7, 11) is 0. The number of carbonyl (C=O) groups is 1. The predicted octanol–water partition coefficient (Wildman–Crippen LogP) is 5.66. The Bertz CT molecular complexity index is 742. The Morgan fingerprint density at radius 1 is 0.720 bits per heavy atom. The minimum atomic E-state index is -0.288. The van der Waals surface area contributed by atoms with Crippen LogP contribution in [0.2, 0.25) is 0 Å². The fraction of sp³-hybridized carbons (Fsp3) is 0.174. The maximum absolute atomic E-state index is 11.6. The molecule has 3 aromatic carbocycles. The third kappa shape index (κ3) is 6.64. The van der Waals surface area contributed by atoms with Crippen molar-refractivity contribution in [2.24, 2.45) is 0 Å². The van der Waals surface area contributed by atoms with E-state index in [1.807, 2.05) is 48.5 Å². The van der Waals surface area contributed by atoms with Crippen LogP contribution in [0.25, 0.3) is 0 Å². The van der Waals surface area contributed by atoms with E-state index in [9.17, 15) is 4.79 Å². The fourth-order valence-electron chi connectivity index (χ4n) is 2.58. The topological polar surface area (TPSA) is 26.3 Å². The predicted molar refractivity (Wildman–Crippen MR) is 103 cm³/mol. The van der Waals surface area contributed by atoms with Gasteiger partial charge in [-0.1, -0.05) is 83.4 Å². The van der Waals surface area contributed by atoms with Crippen molar-refractivity contribution < 1.29 is 9.53 Å². The molecule has 0 aliphatic heterocycles. The van der Waals surface area contributed by atoms with Crippen LogP contribution < -0.4 is 0 Å². The highest BCUT2D eigenvalue weighted by molar-refractivity contribution is 5.89. The van der Waals surface area contributed by atoms with Crippen LogP contribution in [0.3, 0.4) is 0 Å². The van der Waals surface area contributed by atoms with E-state index in [2.05, 4.69) is 39.0 Å². The normalized spacial score (nSPS) is 9.72. The molecule has 3 aromatic rings. The Kier molecular flexibility index (Phi) is 6.97. The molecule has 0 fully saturated rings. The zero-order valence-electron chi connectivity index (χ0n) is 15.0. The van der Waals surface area contributed by atoms with Crippen molar-refractivity contribution in [1.29, 1.82) is 0 Å². The van der Waals surface area contributed by atoms with Crippen LogP contribution in [0.15, 0.2) is 78.9 Å². The van der Waals surface area contributed by atoms with E-state index in [4.69, 9.17) is 4.74 Å². The zero-order chi connectivity index (χ0) is 18.1. The standard InChI is InChI=1S/C14H12O2.C9H12/c15-14(13-9-5-2-6-10-13)16-11-12-7-3-1-4-8-12;1-7-4-8(2)6-9(3)5-7/h1-10H,11H2;4-6H,1-3H3. The number of rotatable bonds is 3. The van der Waals surface area contributed by atoms with Crippen LogP contribution in [0.5, 0.6) is 0 Å². The Morgan fingerprint density at radius 2 is 1.16 bits per heavy atom. The lowest BCUT2D eigenvalue weighted by Gasteiger charge is -2.04. The van der Waals surface area contributed by atoms with Crippen molar-refractivity contribution >= 4 is 5.97 Å². The Balaban J connectivity index is 0.000000212. The van der Waals surface area contributed by atoms with Gasteiger partial charge in [-0.2, -0.15) is 0 Å². The van der Waals surface area contributed by atoms with Crippen molar-refractivity contribution in [2.45, 2.75) is 27.4 Å². The van der Waals surface area contributed by atoms with Gasteiger partial charge in [-0.25, -0.2) is 4.79 Å². The van der Waals surface area contributed by atoms with Crippen molar-refractivity contribution in [1.82, 2.24) is 0 Å². The quantitative estimate of drug-likeness (QED) is 0.579. The van der Waals surface area contributed by atoms with E-state index in [-0.39, 0.29) is 5.97 Å². The Morgan fingerprint density at radius 3 is 1.64 bits per heavy atom. The third-order valence-electron chi connectivity index (χ3n) is 3.59. The second-order valence-corrected chi connectivity index (χ2v) is 6.09. The summed E-state index contributed by atoms with van der Waals surface area (Å²) in [6.45, 7) is 6.69. The smallest absolute Gasteiger partial charge is 0.338 e. The molecule has 0 aromatic heterocycles. The molecule has 0 aliphatic carbocycles. The van der Waals surface area contributed by atoms with Crippen LogP contribution in [-0.4, -0.2) is 5.97 Å². The highest BCUT2D eigenvalue weighted by Gasteiger charge is 2.05. The third-order valence-corrected chi connectivity index (χ3v) is 3.59. The van der Waals surface area contributed by atoms with Gasteiger partial charge in [-0.05, 0) is 38.5 Å². The Labute approximate surface area is 150 Å². The molecule has 0 atom stereocenters. The molecule has 2 heteroatoms. The van der Waals surface area contributed by atoms with Crippen LogP contribution in [0, 0.1) is 20.8 Å². The van der Waals surface area contributed by atoms with Gasteiger partial charge in [0.15, 0.2) is 0 Å². The van der Waals surface area contributed by atoms with Crippen LogP contribution in [0.4, 0.5) is 0 Å². The van der Waals surface area contributed by atoms with Crippen LogP contribution in [-0.2, 0) is 11.3 Å². The van der Waals surface area contributed by atoms with Gasteiger partial charge >= 0.3 is 5.97 Å². The summed E-state index contributed by atoms with van der Waals surface area (Å²) in [5.74, 6) is -0.288. The summed E-state index contributed by atoms with van der Waals surface area (Å²) in [5, 5.41) is 0. The molecule has 0 bridgehead atoms. The lowest BCUT2D eigenvalue weighted by molar-refractivity contribution is 0.0472. The first-order valence-electron chi connectivity index (χ1n) is 8.35. The van der Waals surface area contributed by atoms with Gasteiger partial charge in [0.1, 0.15) is 6.61 Å². The summed E-state index contributed by atoms with van der Waals surface area (Å²) in [6.07, 6.45) is 0. The number of esters is 1. The molecule has 0 saturated carbocycles. The van der Waals surface area contributed by atoms with E-state index in [1.165, 1.54) is 16.7 Å². The second-order valence-electron chi connectivity index (χ2n) is 6.09. The largest absolute Gasteiger partial charge is 0.457 e. The van der Waals surface area contributed by atoms with Gasteiger partial charge in [0, 0.05) is 0 Å². The number of hydrogen-bond acceptors (Lipinski definition) is 2. The van der Waals surface area contributed by atoms with Gasteiger partial charge in [-0.3, -0.25) is 0 Å². The second kappa shape index (κ2) is 9.43. The average molecular weight is 332 g/mol. The highest BCUT2D eigenvalue weighted by Crippen LogP contribution is 2.07. The number of carbonyl (C=O) groups excluding carboxylic acids is 1. The molecule has 0 saturated heterocycles. The summed E-state index contributed by atoms with van der Waals surface area (Å²) < 4.78 is 5.18. The number of ether oxygens (including phenoxy) is 1. The first-order chi connectivity index (χ1) is 12.0. The van der Waals surface area contributed by atoms with Crippen molar-refractivity contribution in [3.8, 4) is 0 Å². The van der Waals surface area contributed by atoms with E-state index in [0.717, 1.165) is 5.56 Å². The summed E-state index contributed by atoms with van der Waals surface area (Å²) in [4.78, 5) is 11.6. The molecule has 2 nitrogen and oxygen atoms in total. The van der Waals surface area contributed by atoms with E-state index in [0.29, 0.717) is 12.2 Å². The van der Waals surface area contributed by atoms with Gasteiger partial charge in [-0.15, -0.1) is 0 Å². The van der Waals surface area contributed by atoms with E-state index < -0.39 is 0 Å². The first kappa shape index (κ1) is 18.5. The molecule has 0 unspecified atom stereocenters. The average Bonchev–Trinajstić information content (AvgIpc) is 2.61. The van der Waals surface area contributed by atoms with Crippen LogP contribution in [0.1, 0.15) is 32.6 Å². The van der Waals surface area contributed by atoms with Gasteiger partial charge < -0.3 is 4.74 Å². The van der Waals surface area contributed by atoms with Crippen molar-refractivity contribution in [3.63, 3.8) is 0 Å². The lowest BCUT2D eigenvalue weighted by atomic mass is 10.1. The van der Waals surface area contributed by atoms with E-state index in [1.54, 1.807) is 12.1 Å². The summed E-state index contributed by atoms with van der Waals surface area (Å²) in [5.41, 5.74) is 5.64. The molecule has 3 rings (SSSR count). The molecule has 25 heavy (non-hydrogen) atoms. The maximum Gasteiger partial charge on any atom is 0.338 e. The van der Waals surface area contributed by atoms with Crippen molar-refractivity contribution in [3.05, 3.63) is 107 Å². The fourth-order valence-corrected chi connectivity index (χ4v) is 2.58. The Hall–Kier alpha value is -2.87. The summed E-state index contributed by atoms with van der Waals surface area (Å²) >= 11 is 0. The number of hydrogen-bond donors (Lipinski definition) is 0. The molecular weight excluding hydrogens is 308 g/mol. The van der Waals surface area contributed by atoms with Crippen LogP contribution >= 0.6 is 0 Å². The molecule has 0 spiro atoms. The summed E-state index contributed by atoms with van der Waals surface area (Å²) in [6, 6.07) is 25.2. The molecular formula is C23H24O2. The number of benzene rings is 3. The van der Waals surface area contributed by atoms with Gasteiger partial charge in [0.2, 0.25) is 0 Å². The maximum atomic E-state index is 11.6. The van der Waals surface area contributed by atoms with Crippen molar-refractivity contribution in [2.75, 3.05) is 0 Å². The van der Waals surface area contributed by atoms with Gasteiger partial charge in [0.25, 0.3) is 0 Å². The molecule has 0 radical (unpaired) electrons. The van der Waals surface area contributed by atoms with E-state index >= 15 is 0 Å².